The smallest absolute Gasteiger partial charge is 0.319 e. The predicted molar refractivity (Wildman–Crippen MR) is 96.1 cm³/mol. The fraction of sp³-hybridized carbons (Fsp3) is 0.588. The molecule has 1 heterocycles. The summed E-state index contributed by atoms with van der Waals surface area (Å²) in [4.78, 5) is 14.4. The minimum atomic E-state index is -0.265. The number of rotatable bonds is 7. The van der Waals surface area contributed by atoms with Gasteiger partial charge in [0.25, 0.3) is 0 Å². The second-order valence-corrected chi connectivity index (χ2v) is 6.32. The van der Waals surface area contributed by atoms with Crippen LogP contribution >= 0.6 is 11.6 Å². The second-order valence-electron chi connectivity index (χ2n) is 5.91. The topological polar surface area (TPSA) is 62.8 Å². The summed E-state index contributed by atoms with van der Waals surface area (Å²) in [5.41, 5.74) is 0.626. The van der Waals surface area contributed by atoms with Crippen LogP contribution in [-0.4, -0.2) is 56.4 Å². The molecule has 6 nitrogen and oxygen atoms in total. The average Bonchev–Trinajstić information content (AvgIpc) is 2.86. The molecule has 2 N–H and O–H groups in total. The van der Waals surface area contributed by atoms with Crippen LogP contribution in [0.5, 0.6) is 5.75 Å². The maximum Gasteiger partial charge on any atom is 0.319 e. The molecule has 0 aromatic heterocycles. The normalized spacial score (nSPS) is 20.8. The van der Waals surface area contributed by atoms with Crippen molar-refractivity contribution in [3.05, 3.63) is 23.2 Å². The third kappa shape index (κ3) is 5.26. The molecule has 0 bridgehead atoms. The Morgan fingerprint density at radius 1 is 1.38 bits per heavy atom. The number of amides is 2. The van der Waals surface area contributed by atoms with Gasteiger partial charge in [-0.15, -0.1) is 0 Å². The number of hydrogen-bond donors (Lipinski definition) is 2. The Balaban J connectivity index is 1.91. The zero-order valence-corrected chi connectivity index (χ0v) is 15.2. The number of likely N-dealkylation sites (N-methyl/N-ethyl adjacent to an activating group) is 1. The summed E-state index contributed by atoms with van der Waals surface area (Å²) < 4.78 is 11.2. The van der Waals surface area contributed by atoms with E-state index < -0.39 is 0 Å². The highest BCUT2D eigenvalue weighted by molar-refractivity contribution is 6.32. The van der Waals surface area contributed by atoms with Crippen LogP contribution in [0.25, 0.3) is 0 Å². The average molecular weight is 356 g/mol. The van der Waals surface area contributed by atoms with Crippen molar-refractivity contribution >= 4 is 23.3 Å². The Labute approximate surface area is 148 Å². The maximum atomic E-state index is 12.2. The van der Waals surface area contributed by atoms with Crippen molar-refractivity contribution < 1.29 is 14.3 Å². The van der Waals surface area contributed by atoms with Gasteiger partial charge < -0.3 is 25.0 Å². The van der Waals surface area contributed by atoms with Crippen LogP contribution in [0.15, 0.2) is 18.2 Å². The minimum absolute atomic E-state index is 0.0131. The lowest BCUT2D eigenvalue weighted by atomic mass is 10.2. The molecule has 134 valence electrons. The number of carbonyl (C=O) groups is 1. The number of urea groups is 1. The number of nitrogens with one attached hydrogen (secondary N) is 2. The summed E-state index contributed by atoms with van der Waals surface area (Å²) in [6.07, 6.45) is 0.925. The Morgan fingerprint density at radius 3 is 2.83 bits per heavy atom. The molecule has 1 saturated heterocycles. The lowest BCUT2D eigenvalue weighted by Gasteiger charge is -2.20. The van der Waals surface area contributed by atoms with Crippen LogP contribution in [0, 0.1) is 0 Å². The van der Waals surface area contributed by atoms with Crippen molar-refractivity contribution in [1.29, 1.82) is 0 Å². The molecule has 1 aliphatic heterocycles. The zero-order chi connectivity index (χ0) is 17.5. The van der Waals surface area contributed by atoms with E-state index in [0.29, 0.717) is 29.7 Å². The number of likely N-dealkylation sites (tertiary alicyclic amines) is 1. The number of carbonyl (C=O) groups excluding carboxylic acids is 1. The summed E-state index contributed by atoms with van der Waals surface area (Å²) in [7, 11) is 2.01. The molecule has 1 fully saturated rings. The number of hydrogen-bond acceptors (Lipinski definition) is 4. The van der Waals surface area contributed by atoms with E-state index in [-0.39, 0.29) is 18.2 Å². The van der Waals surface area contributed by atoms with E-state index in [1.807, 2.05) is 20.9 Å². The van der Waals surface area contributed by atoms with Gasteiger partial charge in [0.2, 0.25) is 0 Å². The van der Waals surface area contributed by atoms with E-state index >= 15 is 0 Å². The van der Waals surface area contributed by atoms with Crippen molar-refractivity contribution in [2.75, 3.05) is 38.7 Å². The highest BCUT2D eigenvalue weighted by Crippen LogP contribution is 2.27. The standard InChI is InChI=1S/C17H26ClN3O3/c1-4-8-24-15-7-6-12(9-13(15)18)19-17(22)20-14-10-21(3)11-16(14)23-5-2/h6-7,9,14,16H,4-5,8,10-11H2,1-3H3,(H2,19,20,22)/t14-,16-/m1/s1. The molecule has 24 heavy (non-hydrogen) atoms. The lowest BCUT2D eigenvalue weighted by Crippen LogP contribution is -2.45. The van der Waals surface area contributed by atoms with E-state index in [1.54, 1.807) is 18.2 Å². The van der Waals surface area contributed by atoms with Crippen LogP contribution in [0.1, 0.15) is 20.3 Å². The van der Waals surface area contributed by atoms with Crippen molar-refractivity contribution in [3.63, 3.8) is 0 Å². The van der Waals surface area contributed by atoms with Crippen LogP contribution in [-0.2, 0) is 4.74 Å². The van der Waals surface area contributed by atoms with E-state index in [4.69, 9.17) is 21.1 Å². The van der Waals surface area contributed by atoms with Crippen molar-refractivity contribution in [2.24, 2.45) is 0 Å². The van der Waals surface area contributed by atoms with Gasteiger partial charge in [-0.3, -0.25) is 0 Å². The fourth-order valence-electron chi connectivity index (χ4n) is 2.73. The maximum absolute atomic E-state index is 12.2. The first-order chi connectivity index (χ1) is 11.5. The van der Waals surface area contributed by atoms with Gasteiger partial charge in [-0.05, 0) is 38.6 Å². The molecule has 0 aliphatic carbocycles. The third-order valence-electron chi connectivity index (χ3n) is 3.80. The van der Waals surface area contributed by atoms with Crippen LogP contribution in [0.3, 0.4) is 0 Å². The first kappa shape index (κ1) is 18.8. The molecule has 0 radical (unpaired) electrons. The summed E-state index contributed by atoms with van der Waals surface area (Å²) in [6, 6.07) is 4.93. The second kappa shape index (κ2) is 9.11. The molecule has 2 rings (SSSR count). The van der Waals surface area contributed by atoms with Gasteiger partial charge in [0.15, 0.2) is 0 Å². The first-order valence-corrected chi connectivity index (χ1v) is 8.71. The molecule has 0 saturated carbocycles. The van der Waals surface area contributed by atoms with Crippen molar-refractivity contribution in [1.82, 2.24) is 10.2 Å². The molecule has 1 aromatic rings. The molecule has 2 amide bonds. The van der Waals surface area contributed by atoms with Gasteiger partial charge in [0.05, 0.1) is 23.8 Å². The first-order valence-electron chi connectivity index (χ1n) is 8.33. The SMILES string of the molecule is CCCOc1ccc(NC(=O)N[C@@H]2CN(C)C[C@H]2OCC)cc1Cl. The Morgan fingerprint density at radius 2 is 2.17 bits per heavy atom. The molecule has 1 aliphatic rings. The molecule has 1 aromatic carbocycles. The summed E-state index contributed by atoms with van der Waals surface area (Å²) in [6.45, 7) is 6.81. The van der Waals surface area contributed by atoms with Crippen molar-refractivity contribution in [3.8, 4) is 5.75 Å². The Kier molecular flexibility index (Phi) is 7.15. The van der Waals surface area contributed by atoms with E-state index in [9.17, 15) is 4.79 Å². The molecule has 7 heteroatoms. The zero-order valence-electron chi connectivity index (χ0n) is 14.5. The monoisotopic (exact) mass is 355 g/mol. The van der Waals surface area contributed by atoms with Crippen LogP contribution in [0.4, 0.5) is 10.5 Å². The van der Waals surface area contributed by atoms with E-state index in [1.165, 1.54) is 0 Å². The summed E-state index contributed by atoms with van der Waals surface area (Å²) in [5.74, 6) is 0.623. The minimum Gasteiger partial charge on any atom is -0.492 e. The number of anilines is 1. The van der Waals surface area contributed by atoms with Gasteiger partial charge in [0.1, 0.15) is 5.75 Å². The number of benzene rings is 1. The number of nitrogens with zero attached hydrogens (tertiary/aromatic N) is 1. The quantitative estimate of drug-likeness (QED) is 0.789. The van der Waals surface area contributed by atoms with Crippen LogP contribution < -0.4 is 15.4 Å². The molecule has 0 spiro atoms. The summed E-state index contributed by atoms with van der Waals surface area (Å²) >= 11 is 6.18. The van der Waals surface area contributed by atoms with Gasteiger partial charge in [-0.2, -0.15) is 0 Å². The van der Waals surface area contributed by atoms with E-state index in [0.717, 1.165) is 19.5 Å². The molecule has 2 atom stereocenters. The Bertz CT molecular complexity index is 556. The largest absolute Gasteiger partial charge is 0.492 e. The van der Waals surface area contributed by atoms with Crippen molar-refractivity contribution in [2.45, 2.75) is 32.4 Å². The number of ether oxygens (including phenoxy) is 2. The fourth-order valence-corrected chi connectivity index (χ4v) is 2.96. The summed E-state index contributed by atoms with van der Waals surface area (Å²) in [5, 5.41) is 6.26. The Hall–Kier alpha value is -1.50. The van der Waals surface area contributed by atoms with Gasteiger partial charge >= 0.3 is 6.03 Å². The number of halogens is 1. The van der Waals surface area contributed by atoms with Gasteiger partial charge in [-0.1, -0.05) is 18.5 Å². The molecule has 0 unspecified atom stereocenters. The highest BCUT2D eigenvalue weighted by Gasteiger charge is 2.32. The van der Waals surface area contributed by atoms with Gasteiger partial charge in [0, 0.05) is 25.4 Å². The lowest BCUT2D eigenvalue weighted by molar-refractivity contribution is 0.0568. The third-order valence-corrected chi connectivity index (χ3v) is 4.09. The molecular weight excluding hydrogens is 330 g/mol. The highest BCUT2D eigenvalue weighted by atomic mass is 35.5. The van der Waals surface area contributed by atoms with Crippen LogP contribution in [0.2, 0.25) is 5.02 Å². The predicted octanol–water partition coefficient (Wildman–Crippen LogP) is 2.97. The molecular formula is C17H26ClN3O3. The van der Waals surface area contributed by atoms with E-state index in [2.05, 4.69) is 15.5 Å². The van der Waals surface area contributed by atoms with Gasteiger partial charge in [-0.25, -0.2) is 4.79 Å².